The minimum Gasteiger partial charge on any atom is -0.384 e. The van der Waals surface area contributed by atoms with Crippen LogP contribution >= 0.6 is 0 Å². The number of benzene rings is 1. The van der Waals surface area contributed by atoms with Crippen LogP contribution in [0.15, 0.2) is 24.3 Å². The lowest BCUT2D eigenvalue weighted by Crippen LogP contribution is -2.48. The number of para-hydroxylation sites is 1. The standard InChI is InChI=1S/C14H19N3O.C2H6/c1-15-13(18)17-8-6-14(7-9-17)10-16-12-5-3-2-4-11(12)14;1-2/h2-5,16H,6-10H2,1H3,(H,15,18);1-2H3. The number of hydrogen-bond donors (Lipinski definition) is 2. The molecule has 2 amide bonds. The Morgan fingerprint density at radius 3 is 2.55 bits per heavy atom. The summed E-state index contributed by atoms with van der Waals surface area (Å²) in [7, 11) is 1.69. The second-order valence-corrected chi connectivity index (χ2v) is 5.22. The third-order valence-corrected chi connectivity index (χ3v) is 4.34. The van der Waals surface area contributed by atoms with Gasteiger partial charge in [-0.15, -0.1) is 0 Å². The zero-order valence-corrected chi connectivity index (χ0v) is 12.7. The maximum atomic E-state index is 11.6. The van der Waals surface area contributed by atoms with Crippen molar-refractivity contribution < 1.29 is 4.79 Å². The number of amides is 2. The number of carbonyl (C=O) groups excluding carboxylic acids is 1. The van der Waals surface area contributed by atoms with Gasteiger partial charge in [-0.05, 0) is 24.5 Å². The van der Waals surface area contributed by atoms with E-state index in [9.17, 15) is 4.79 Å². The van der Waals surface area contributed by atoms with Crippen LogP contribution in [-0.4, -0.2) is 37.6 Å². The van der Waals surface area contributed by atoms with Crippen molar-refractivity contribution in [1.82, 2.24) is 10.2 Å². The van der Waals surface area contributed by atoms with Crippen LogP contribution in [0.2, 0.25) is 0 Å². The Morgan fingerprint density at radius 2 is 1.90 bits per heavy atom. The number of fused-ring (bicyclic) bond motifs is 2. The van der Waals surface area contributed by atoms with Crippen molar-refractivity contribution in [3.8, 4) is 0 Å². The fourth-order valence-corrected chi connectivity index (χ4v) is 3.20. The summed E-state index contributed by atoms with van der Waals surface area (Å²) in [6.07, 6.45) is 2.09. The Labute approximate surface area is 121 Å². The first-order chi connectivity index (χ1) is 9.75. The molecule has 110 valence electrons. The molecule has 1 spiro atoms. The fourth-order valence-electron chi connectivity index (χ4n) is 3.20. The Kier molecular flexibility index (Phi) is 4.53. The van der Waals surface area contributed by atoms with E-state index in [0.29, 0.717) is 0 Å². The predicted octanol–water partition coefficient (Wildman–Crippen LogP) is 2.81. The molecule has 0 atom stereocenters. The van der Waals surface area contributed by atoms with Crippen molar-refractivity contribution in [1.29, 1.82) is 0 Å². The van der Waals surface area contributed by atoms with E-state index in [0.717, 1.165) is 32.5 Å². The summed E-state index contributed by atoms with van der Waals surface area (Å²) < 4.78 is 0. The van der Waals surface area contributed by atoms with Crippen LogP contribution in [-0.2, 0) is 5.41 Å². The van der Waals surface area contributed by atoms with E-state index in [4.69, 9.17) is 0 Å². The van der Waals surface area contributed by atoms with Gasteiger partial charge in [0.25, 0.3) is 0 Å². The number of piperidine rings is 1. The third kappa shape index (κ3) is 2.47. The van der Waals surface area contributed by atoms with Crippen molar-refractivity contribution in [2.24, 2.45) is 0 Å². The Bertz CT molecular complexity index is 465. The number of carbonyl (C=O) groups is 1. The van der Waals surface area contributed by atoms with Crippen LogP contribution in [0.1, 0.15) is 32.3 Å². The molecule has 20 heavy (non-hydrogen) atoms. The van der Waals surface area contributed by atoms with E-state index < -0.39 is 0 Å². The molecular weight excluding hydrogens is 250 g/mol. The van der Waals surface area contributed by atoms with Crippen molar-refractivity contribution >= 4 is 11.7 Å². The summed E-state index contributed by atoms with van der Waals surface area (Å²) in [5.74, 6) is 0. The zero-order chi connectivity index (χ0) is 14.6. The molecule has 0 radical (unpaired) electrons. The van der Waals surface area contributed by atoms with Crippen molar-refractivity contribution in [2.45, 2.75) is 32.1 Å². The average Bonchev–Trinajstić information content (AvgIpc) is 2.88. The molecule has 1 fully saturated rings. The normalized spacial score (nSPS) is 18.6. The smallest absolute Gasteiger partial charge is 0.317 e. The first-order valence-electron chi connectivity index (χ1n) is 7.55. The second kappa shape index (κ2) is 6.16. The summed E-state index contributed by atoms with van der Waals surface area (Å²) in [6, 6.07) is 8.60. The highest BCUT2D eigenvalue weighted by Crippen LogP contribution is 2.43. The van der Waals surface area contributed by atoms with E-state index in [1.165, 1.54) is 11.3 Å². The molecule has 1 aromatic carbocycles. The number of urea groups is 1. The first-order valence-corrected chi connectivity index (χ1v) is 7.55. The number of hydrogen-bond acceptors (Lipinski definition) is 2. The summed E-state index contributed by atoms with van der Waals surface area (Å²) in [6.45, 7) is 6.69. The molecule has 2 N–H and O–H groups in total. The highest BCUT2D eigenvalue weighted by Gasteiger charge is 2.41. The summed E-state index contributed by atoms with van der Waals surface area (Å²) in [5.41, 5.74) is 2.94. The molecule has 4 nitrogen and oxygen atoms in total. The quantitative estimate of drug-likeness (QED) is 0.764. The van der Waals surface area contributed by atoms with Crippen LogP contribution in [0.3, 0.4) is 0 Å². The van der Waals surface area contributed by atoms with Crippen LogP contribution in [0.4, 0.5) is 10.5 Å². The number of nitrogens with one attached hydrogen (secondary N) is 2. The van der Waals surface area contributed by atoms with Crippen molar-refractivity contribution in [2.75, 3.05) is 32.0 Å². The van der Waals surface area contributed by atoms with E-state index in [1.54, 1.807) is 7.05 Å². The van der Waals surface area contributed by atoms with Crippen LogP contribution in [0.25, 0.3) is 0 Å². The molecule has 0 bridgehead atoms. The lowest BCUT2D eigenvalue weighted by Gasteiger charge is -2.39. The Morgan fingerprint density at radius 1 is 1.25 bits per heavy atom. The summed E-state index contributed by atoms with van der Waals surface area (Å²) >= 11 is 0. The largest absolute Gasteiger partial charge is 0.384 e. The van der Waals surface area contributed by atoms with Crippen molar-refractivity contribution in [3.63, 3.8) is 0 Å². The predicted molar refractivity (Wildman–Crippen MR) is 83.2 cm³/mol. The lowest BCUT2D eigenvalue weighted by atomic mass is 9.74. The number of likely N-dealkylation sites (tertiary alicyclic amines) is 1. The molecule has 2 heterocycles. The SMILES string of the molecule is CC.CNC(=O)N1CCC2(CC1)CNc1ccccc12. The fraction of sp³-hybridized carbons (Fsp3) is 0.562. The number of anilines is 1. The molecule has 2 aliphatic rings. The molecule has 3 rings (SSSR count). The van der Waals surface area contributed by atoms with Gasteiger partial charge in [0.05, 0.1) is 0 Å². The van der Waals surface area contributed by atoms with Gasteiger partial charge in [0, 0.05) is 37.8 Å². The van der Waals surface area contributed by atoms with Crippen LogP contribution < -0.4 is 10.6 Å². The van der Waals surface area contributed by atoms with Gasteiger partial charge in [-0.25, -0.2) is 4.79 Å². The Hall–Kier alpha value is -1.71. The molecule has 0 aromatic heterocycles. The molecule has 0 saturated carbocycles. The average molecular weight is 275 g/mol. The van der Waals surface area contributed by atoms with Crippen LogP contribution in [0.5, 0.6) is 0 Å². The topological polar surface area (TPSA) is 44.4 Å². The van der Waals surface area contributed by atoms with E-state index >= 15 is 0 Å². The van der Waals surface area contributed by atoms with Gasteiger partial charge in [-0.3, -0.25) is 0 Å². The van der Waals surface area contributed by atoms with Crippen molar-refractivity contribution in [3.05, 3.63) is 29.8 Å². The summed E-state index contributed by atoms with van der Waals surface area (Å²) in [5, 5.41) is 6.20. The minimum atomic E-state index is 0.0455. The van der Waals surface area contributed by atoms with Gasteiger partial charge in [-0.1, -0.05) is 32.0 Å². The van der Waals surface area contributed by atoms with E-state index in [2.05, 4.69) is 34.9 Å². The highest BCUT2D eigenvalue weighted by atomic mass is 16.2. The summed E-state index contributed by atoms with van der Waals surface area (Å²) in [4.78, 5) is 13.5. The maximum Gasteiger partial charge on any atom is 0.317 e. The second-order valence-electron chi connectivity index (χ2n) is 5.22. The molecule has 0 unspecified atom stereocenters. The van der Waals surface area contributed by atoms with E-state index in [1.807, 2.05) is 18.7 Å². The monoisotopic (exact) mass is 275 g/mol. The first kappa shape index (κ1) is 14.7. The third-order valence-electron chi connectivity index (χ3n) is 4.34. The molecule has 2 aliphatic heterocycles. The van der Waals surface area contributed by atoms with Gasteiger partial charge in [0.2, 0.25) is 0 Å². The van der Waals surface area contributed by atoms with E-state index in [-0.39, 0.29) is 11.4 Å². The minimum absolute atomic E-state index is 0.0455. The van der Waals surface area contributed by atoms with Gasteiger partial charge < -0.3 is 15.5 Å². The van der Waals surface area contributed by atoms with Gasteiger partial charge >= 0.3 is 6.03 Å². The maximum absolute atomic E-state index is 11.6. The number of nitrogens with zero attached hydrogens (tertiary/aromatic N) is 1. The highest BCUT2D eigenvalue weighted by molar-refractivity contribution is 5.74. The van der Waals surface area contributed by atoms with Crippen LogP contribution in [0, 0.1) is 0 Å². The van der Waals surface area contributed by atoms with Gasteiger partial charge in [0.1, 0.15) is 0 Å². The van der Waals surface area contributed by atoms with Gasteiger partial charge in [0.15, 0.2) is 0 Å². The molecule has 0 aliphatic carbocycles. The molecule has 1 saturated heterocycles. The molecule has 1 aromatic rings. The number of rotatable bonds is 0. The molecular formula is C16H25N3O. The molecule has 4 heteroatoms. The Balaban J connectivity index is 0.000000704. The zero-order valence-electron chi connectivity index (χ0n) is 12.7. The lowest BCUT2D eigenvalue weighted by molar-refractivity contribution is 0.165. The van der Waals surface area contributed by atoms with Gasteiger partial charge in [-0.2, -0.15) is 0 Å².